The summed E-state index contributed by atoms with van der Waals surface area (Å²) in [5.74, 6) is 0.0120. The highest BCUT2D eigenvalue weighted by Gasteiger charge is 2.11. The number of oxazole rings is 1. The van der Waals surface area contributed by atoms with Gasteiger partial charge in [-0.1, -0.05) is 0 Å². The van der Waals surface area contributed by atoms with Crippen molar-refractivity contribution >= 4 is 11.9 Å². The maximum atomic E-state index is 11.8. The largest absolute Gasteiger partial charge is 0.465 e. The minimum absolute atomic E-state index is 0.0363. The van der Waals surface area contributed by atoms with Gasteiger partial charge in [0.2, 0.25) is 5.89 Å². The summed E-state index contributed by atoms with van der Waals surface area (Å²) in [6, 6.07) is 5.99. The van der Waals surface area contributed by atoms with Gasteiger partial charge in [0.15, 0.2) is 6.61 Å². The predicted molar refractivity (Wildman–Crippen MR) is 68.1 cm³/mol. The van der Waals surface area contributed by atoms with Crippen molar-refractivity contribution in [2.45, 2.75) is 13.5 Å². The minimum atomic E-state index is -0.516. The van der Waals surface area contributed by atoms with E-state index in [1.165, 1.54) is 31.4 Å². The number of rotatable bonds is 4. The number of carbonyl (C=O) groups excluding carboxylic acids is 2. The van der Waals surface area contributed by atoms with E-state index in [1.54, 1.807) is 13.1 Å². The molecule has 20 heavy (non-hydrogen) atoms. The van der Waals surface area contributed by atoms with Gasteiger partial charge in [0.25, 0.3) is 0 Å². The van der Waals surface area contributed by atoms with Crippen LogP contribution in [0, 0.1) is 6.92 Å². The first-order valence-corrected chi connectivity index (χ1v) is 5.87. The van der Waals surface area contributed by atoms with Crippen molar-refractivity contribution in [3.8, 4) is 0 Å². The highest BCUT2D eigenvalue weighted by Crippen LogP contribution is 2.09. The van der Waals surface area contributed by atoms with Gasteiger partial charge in [0.05, 0.1) is 24.4 Å². The van der Waals surface area contributed by atoms with Crippen molar-refractivity contribution in [1.82, 2.24) is 4.98 Å². The molecule has 0 N–H and O–H groups in total. The van der Waals surface area contributed by atoms with Crippen LogP contribution in [0.1, 0.15) is 32.4 Å². The summed E-state index contributed by atoms with van der Waals surface area (Å²) in [6.07, 6.45) is 1.55. The van der Waals surface area contributed by atoms with Crippen molar-refractivity contribution in [1.29, 1.82) is 0 Å². The number of methoxy groups -OCH3 is 1. The maximum Gasteiger partial charge on any atom is 0.338 e. The van der Waals surface area contributed by atoms with Crippen LogP contribution in [-0.2, 0) is 16.1 Å². The molecule has 0 aliphatic heterocycles. The van der Waals surface area contributed by atoms with E-state index in [0.29, 0.717) is 22.8 Å². The smallest absolute Gasteiger partial charge is 0.338 e. The van der Waals surface area contributed by atoms with Crippen LogP contribution in [0.4, 0.5) is 0 Å². The van der Waals surface area contributed by atoms with E-state index in [1.807, 2.05) is 0 Å². The fourth-order valence-electron chi connectivity index (χ4n) is 1.54. The second-order valence-electron chi connectivity index (χ2n) is 4.01. The zero-order valence-electron chi connectivity index (χ0n) is 11.1. The summed E-state index contributed by atoms with van der Waals surface area (Å²) >= 11 is 0. The summed E-state index contributed by atoms with van der Waals surface area (Å²) in [5, 5.41) is 0. The first-order valence-electron chi connectivity index (χ1n) is 5.87. The third-order valence-corrected chi connectivity index (χ3v) is 2.54. The molecule has 0 fully saturated rings. The number of hydrogen-bond acceptors (Lipinski definition) is 6. The van der Waals surface area contributed by atoms with E-state index < -0.39 is 11.9 Å². The van der Waals surface area contributed by atoms with Crippen molar-refractivity contribution in [2.24, 2.45) is 0 Å². The number of aryl methyl sites for hydroxylation is 1. The third kappa shape index (κ3) is 3.23. The molecule has 6 heteroatoms. The Morgan fingerprint density at radius 3 is 2.25 bits per heavy atom. The highest BCUT2D eigenvalue weighted by atomic mass is 16.5. The maximum absolute atomic E-state index is 11.8. The highest BCUT2D eigenvalue weighted by molar-refractivity contribution is 5.93. The molecule has 2 rings (SSSR count). The molecule has 0 amide bonds. The molecule has 1 heterocycles. The lowest BCUT2D eigenvalue weighted by atomic mass is 10.1. The summed E-state index contributed by atoms with van der Waals surface area (Å²) in [7, 11) is 1.29. The number of ether oxygens (including phenoxy) is 2. The number of esters is 2. The lowest BCUT2D eigenvalue weighted by molar-refractivity contribution is 0.0436. The normalized spacial score (nSPS) is 10.1. The second kappa shape index (κ2) is 6.01. The third-order valence-electron chi connectivity index (χ3n) is 2.54. The molecule has 0 bridgehead atoms. The molecule has 0 aliphatic rings. The van der Waals surface area contributed by atoms with E-state index in [-0.39, 0.29) is 6.61 Å². The van der Waals surface area contributed by atoms with Crippen LogP contribution in [0.25, 0.3) is 0 Å². The zero-order chi connectivity index (χ0) is 14.5. The molecule has 0 atom stereocenters. The molecule has 1 aromatic carbocycles. The van der Waals surface area contributed by atoms with Crippen LogP contribution in [0.3, 0.4) is 0 Å². The van der Waals surface area contributed by atoms with Gasteiger partial charge in [-0.3, -0.25) is 0 Å². The van der Waals surface area contributed by atoms with Crippen LogP contribution in [0.5, 0.6) is 0 Å². The monoisotopic (exact) mass is 275 g/mol. The summed E-state index contributed by atoms with van der Waals surface area (Å²) in [4.78, 5) is 26.9. The Bertz CT molecular complexity index is 615. The second-order valence-corrected chi connectivity index (χ2v) is 4.01. The van der Waals surface area contributed by atoms with Crippen molar-refractivity contribution in [3.63, 3.8) is 0 Å². The van der Waals surface area contributed by atoms with Gasteiger partial charge < -0.3 is 13.9 Å². The Labute approximate surface area is 115 Å². The molecule has 6 nitrogen and oxygen atoms in total. The summed E-state index contributed by atoms with van der Waals surface area (Å²) < 4.78 is 14.8. The molecule has 0 radical (unpaired) electrons. The Morgan fingerprint density at radius 1 is 1.15 bits per heavy atom. The number of benzene rings is 1. The first-order chi connectivity index (χ1) is 9.60. The predicted octanol–water partition coefficient (Wildman–Crippen LogP) is 2.13. The van der Waals surface area contributed by atoms with Gasteiger partial charge in [0, 0.05) is 0 Å². The number of aromatic nitrogens is 1. The number of carbonyl (C=O) groups is 2. The average molecular weight is 275 g/mol. The summed E-state index contributed by atoms with van der Waals surface area (Å²) in [5.41, 5.74) is 0.702. The Hall–Kier alpha value is -2.63. The Balaban J connectivity index is 1.97. The molecule has 2 aromatic rings. The fraction of sp³-hybridized carbons (Fsp3) is 0.214. The fourth-order valence-corrected chi connectivity index (χ4v) is 1.54. The van der Waals surface area contributed by atoms with Gasteiger partial charge in [-0.15, -0.1) is 0 Å². The van der Waals surface area contributed by atoms with Crippen molar-refractivity contribution in [3.05, 3.63) is 53.2 Å². The molecule has 0 saturated carbocycles. The Morgan fingerprint density at radius 2 is 1.75 bits per heavy atom. The number of nitrogens with zero attached hydrogens (tertiary/aromatic N) is 1. The minimum Gasteiger partial charge on any atom is -0.465 e. The van der Waals surface area contributed by atoms with Gasteiger partial charge in [0.1, 0.15) is 5.76 Å². The SMILES string of the molecule is COC(=O)c1ccc(C(=O)OCc2ncc(C)o2)cc1. The molecule has 104 valence electrons. The first kappa shape index (κ1) is 13.8. The van der Waals surface area contributed by atoms with Gasteiger partial charge in [-0.25, -0.2) is 14.6 Å². The summed E-state index contributed by atoms with van der Waals surface area (Å²) in [6.45, 7) is 1.72. The van der Waals surface area contributed by atoms with Gasteiger partial charge >= 0.3 is 11.9 Å². The van der Waals surface area contributed by atoms with Crippen LogP contribution in [0.15, 0.2) is 34.9 Å². The van der Waals surface area contributed by atoms with Gasteiger partial charge in [-0.05, 0) is 31.2 Å². The van der Waals surface area contributed by atoms with Crippen LogP contribution < -0.4 is 0 Å². The van der Waals surface area contributed by atoms with E-state index in [2.05, 4.69) is 9.72 Å². The lowest BCUT2D eigenvalue weighted by Crippen LogP contribution is -2.07. The molecule has 0 unspecified atom stereocenters. The van der Waals surface area contributed by atoms with Crippen LogP contribution >= 0.6 is 0 Å². The topological polar surface area (TPSA) is 78.6 Å². The quantitative estimate of drug-likeness (QED) is 0.795. The molecular weight excluding hydrogens is 262 g/mol. The standard InChI is InChI=1S/C14H13NO5/c1-9-7-15-12(20-9)8-19-14(17)11-5-3-10(4-6-11)13(16)18-2/h3-7H,8H2,1-2H3. The van der Waals surface area contributed by atoms with E-state index >= 15 is 0 Å². The molecule has 0 saturated heterocycles. The molecule has 0 spiro atoms. The van der Waals surface area contributed by atoms with Crippen molar-refractivity contribution < 1.29 is 23.5 Å². The Kier molecular flexibility index (Phi) is 4.14. The number of hydrogen-bond donors (Lipinski definition) is 0. The average Bonchev–Trinajstić information content (AvgIpc) is 2.89. The molecule has 1 aromatic heterocycles. The van der Waals surface area contributed by atoms with E-state index in [9.17, 15) is 9.59 Å². The van der Waals surface area contributed by atoms with Crippen LogP contribution in [0.2, 0.25) is 0 Å². The lowest BCUT2D eigenvalue weighted by Gasteiger charge is -2.03. The van der Waals surface area contributed by atoms with E-state index in [4.69, 9.17) is 9.15 Å². The molecular formula is C14H13NO5. The van der Waals surface area contributed by atoms with Gasteiger partial charge in [-0.2, -0.15) is 0 Å². The van der Waals surface area contributed by atoms with Crippen LogP contribution in [-0.4, -0.2) is 24.0 Å². The molecule has 0 aliphatic carbocycles. The zero-order valence-corrected chi connectivity index (χ0v) is 11.1. The van der Waals surface area contributed by atoms with E-state index in [0.717, 1.165) is 0 Å². The van der Waals surface area contributed by atoms with Crippen molar-refractivity contribution in [2.75, 3.05) is 7.11 Å².